The highest BCUT2D eigenvalue weighted by atomic mass is 16.7. The number of likely N-dealkylation sites (tertiary alicyclic amines) is 1. The predicted octanol–water partition coefficient (Wildman–Crippen LogP) is 4.53. The lowest BCUT2D eigenvalue weighted by Crippen LogP contribution is -2.42. The second-order valence-corrected chi connectivity index (χ2v) is 12.2. The zero-order valence-electron chi connectivity index (χ0n) is 26.1. The van der Waals surface area contributed by atoms with E-state index in [0.29, 0.717) is 32.2 Å². The lowest BCUT2D eigenvalue weighted by atomic mass is 9.98. The first-order chi connectivity index (χ1) is 22.4. The van der Waals surface area contributed by atoms with Crippen molar-refractivity contribution >= 4 is 11.8 Å². The van der Waals surface area contributed by atoms with Crippen molar-refractivity contribution in [2.75, 3.05) is 19.7 Å². The fourth-order valence-corrected chi connectivity index (χ4v) is 6.25. The Morgan fingerprint density at radius 3 is 2.30 bits per heavy atom. The Morgan fingerprint density at radius 1 is 0.848 bits per heavy atom. The number of ether oxygens (including phenoxy) is 2. The number of hydroxylamine groups is 1. The molecule has 10 nitrogen and oxygen atoms in total. The van der Waals surface area contributed by atoms with Gasteiger partial charge in [-0.15, -0.1) is 0 Å². The molecule has 0 aromatic heterocycles. The molecule has 0 spiro atoms. The summed E-state index contributed by atoms with van der Waals surface area (Å²) in [6, 6.07) is 24.3. The molecule has 0 radical (unpaired) electrons. The van der Waals surface area contributed by atoms with Crippen molar-refractivity contribution in [1.29, 1.82) is 0 Å². The van der Waals surface area contributed by atoms with E-state index in [-0.39, 0.29) is 43.8 Å². The number of carbonyl (C=O) groups is 2. The number of rotatable bonds is 14. The van der Waals surface area contributed by atoms with Gasteiger partial charge < -0.3 is 25.0 Å². The molecule has 2 aliphatic heterocycles. The second kappa shape index (κ2) is 16.8. The first-order valence-corrected chi connectivity index (χ1v) is 16.2. The van der Waals surface area contributed by atoms with Crippen LogP contribution in [0.2, 0.25) is 0 Å². The van der Waals surface area contributed by atoms with Crippen LogP contribution in [0.25, 0.3) is 11.1 Å². The van der Waals surface area contributed by atoms with Crippen LogP contribution in [0.5, 0.6) is 0 Å². The van der Waals surface area contributed by atoms with Crippen molar-refractivity contribution in [3.8, 4) is 11.1 Å². The number of hydrogen-bond acceptors (Lipinski definition) is 8. The van der Waals surface area contributed by atoms with Gasteiger partial charge in [0.25, 0.3) is 0 Å². The van der Waals surface area contributed by atoms with E-state index in [1.165, 1.54) is 0 Å². The lowest BCUT2D eigenvalue weighted by Gasteiger charge is -2.38. The summed E-state index contributed by atoms with van der Waals surface area (Å²) in [4.78, 5) is 25.7. The maximum Gasteiger partial charge on any atom is 0.243 e. The van der Waals surface area contributed by atoms with Gasteiger partial charge in [0.2, 0.25) is 11.8 Å². The van der Waals surface area contributed by atoms with E-state index in [1.54, 1.807) is 5.48 Å². The number of unbranched alkanes of at least 4 members (excludes halogenated alkanes) is 1. The van der Waals surface area contributed by atoms with Crippen LogP contribution in [-0.4, -0.2) is 64.0 Å². The summed E-state index contributed by atoms with van der Waals surface area (Å²) in [5.41, 5.74) is 7.47. The fourth-order valence-electron chi connectivity index (χ4n) is 6.25. The molecule has 2 amide bonds. The zero-order chi connectivity index (χ0) is 32.3. The predicted molar refractivity (Wildman–Crippen MR) is 172 cm³/mol. The minimum absolute atomic E-state index is 0.00336. The maximum absolute atomic E-state index is 12.3. The molecule has 4 atom stereocenters. The second-order valence-electron chi connectivity index (χ2n) is 12.2. The number of carbonyl (C=O) groups excluding carboxylic acids is 2. The van der Waals surface area contributed by atoms with Crippen LogP contribution < -0.4 is 10.8 Å². The molecular formula is C36H45N3O7. The number of hydrogen-bond donors (Lipinski definition) is 5. The largest absolute Gasteiger partial charge is 0.395 e. The highest BCUT2D eigenvalue weighted by Crippen LogP contribution is 2.39. The van der Waals surface area contributed by atoms with E-state index in [9.17, 15) is 19.8 Å². The minimum Gasteiger partial charge on any atom is -0.395 e. The normalized spacial score (nSPS) is 21.6. The van der Waals surface area contributed by atoms with Crippen molar-refractivity contribution in [1.82, 2.24) is 15.7 Å². The summed E-state index contributed by atoms with van der Waals surface area (Å²) < 4.78 is 13.1. The van der Waals surface area contributed by atoms with Gasteiger partial charge in [-0.2, -0.15) is 0 Å². The van der Waals surface area contributed by atoms with E-state index in [2.05, 4.69) is 28.4 Å². The topological polar surface area (TPSA) is 141 Å². The molecule has 2 heterocycles. The molecule has 0 saturated carbocycles. The van der Waals surface area contributed by atoms with Gasteiger partial charge in [-0.3, -0.25) is 19.7 Å². The minimum atomic E-state index is -0.551. The molecular weight excluding hydrogens is 586 g/mol. The third kappa shape index (κ3) is 9.22. The average Bonchev–Trinajstić information content (AvgIpc) is 3.56. The molecule has 3 aromatic carbocycles. The van der Waals surface area contributed by atoms with Crippen molar-refractivity contribution in [2.45, 2.75) is 82.6 Å². The van der Waals surface area contributed by atoms with E-state index < -0.39 is 12.2 Å². The molecule has 2 saturated heterocycles. The van der Waals surface area contributed by atoms with Gasteiger partial charge in [-0.1, -0.05) is 66.7 Å². The van der Waals surface area contributed by atoms with E-state index in [4.69, 9.17) is 14.7 Å². The van der Waals surface area contributed by atoms with Gasteiger partial charge in [0, 0.05) is 44.0 Å². The Balaban J connectivity index is 1.23. The summed E-state index contributed by atoms with van der Waals surface area (Å²) in [6.45, 7) is 2.24. The van der Waals surface area contributed by atoms with Crippen LogP contribution in [0.4, 0.5) is 0 Å². The monoisotopic (exact) mass is 631 g/mol. The highest BCUT2D eigenvalue weighted by molar-refractivity contribution is 5.76. The SMILES string of the molecule is O=C(CCCCC(=O)NCc1cccc(-c2ccc([C@H]3O[C@@H](CN4CCC[C@H]4CO)C[C@@H](c4ccc(CO)cc4)O3)cc2)c1)NO. The van der Waals surface area contributed by atoms with Crippen LogP contribution in [0.1, 0.15) is 79.6 Å². The Morgan fingerprint density at radius 2 is 1.59 bits per heavy atom. The van der Waals surface area contributed by atoms with Crippen LogP contribution >= 0.6 is 0 Å². The molecule has 10 heteroatoms. The third-order valence-electron chi connectivity index (χ3n) is 8.88. The average molecular weight is 632 g/mol. The van der Waals surface area contributed by atoms with Gasteiger partial charge >= 0.3 is 0 Å². The van der Waals surface area contributed by atoms with Crippen LogP contribution in [0.3, 0.4) is 0 Å². The molecule has 5 rings (SSSR count). The van der Waals surface area contributed by atoms with Crippen LogP contribution in [0, 0.1) is 0 Å². The molecule has 2 aliphatic rings. The van der Waals surface area contributed by atoms with Crippen molar-refractivity contribution in [3.63, 3.8) is 0 Å². The van der Waals surface area contributed by atoms with Gasteiger partial charge in [0.05, 0.1) is 25.4 Å². The zero-order valence-corrected chi connectivity index (χ0v) is 26.1. The van der Waals surface area contributed by atoms with Crippen LogP contribution in [0.15, 0.2) is 72.8 Å². The Bertz CT molecular complexity index is 1420. The van der Waals surface area contributed by atoms with Crippen molar-refractivity contribution in [3.05, 3.63) is 95.1 Å². The summed E-state index contributed by atoms with van der Waals surface area (Å²) >= 11 is 0. The maximum atomic E-state index is 12.3. The van der Waals surface area contributed by atoms with E-state index in [0.717, 1.165) is 59.3 Å². The van der Waals surface area contributed by atoms with E-state index in [1.807, 2.05) is 54.6 Å². The van der Waals surface area contributed by atoms with Gasteiger partial charge in [-0.05, 0) is 66.1 Å². The molecule has 246 valence electrons. The number of amides is 2. The molecule has 46 heavy (non-hydrogen) atoms. The van der Waals surface area contributed by atoms with Crippen molar-refractivity contribution < 1.29 is 34.5 Å². The molecule has 2 fully saturated rings. The molecule has 0 unspecified atom stereocenters. The molecule has 3 aromatic rings. The molecule has 5 N–H and O–H groups in total. The number of aliphatic hydroxyl groups is 2. The lowest BCUT2D eigenvalue weighted by molar-refractivity contribution is -0.253. The molecule has 0 aliphatic carbocycles. The number of nitrogens with one attached hydrogen (secondary N) is 2. The van der Waals surface area contributed by atoms with Crippen LogP contribution in [-0.2, 0) is 32.2 Å². The Hall–Kier alpha value is -3.64. The summed E-state index contributed by atoms with van der Waals surface area (Å²) in [6.07, 6.45) is 3.59. The van der Waals surface area contributed by atoms with Gasteiger partial charge in [0.15, 0.2) is 6.29 Å². The number of nitrogens with zero attached hydrogens (tertiary/aromatic N) is 1. The molecule has 0 bridgehead atoms. The highest BCUT2D eigenvalue weighted by Gasteiger charge is 2.35. The Labute approximate surface area is 270 Å². The third-order valence-corrected chi connectivity index (χ3v) is 8.88. The number of benzene rings is 3. The first kappa shape index (κ1) is 33.7. The summed E-state index contributed by atoms with van der Waals surface area (Å²) in [7, 11) is 0. The van der Waals surface area contributed by atoms with Gasteiger partial charge in [0.1, 0.15) is 0 Å². The van der Waals surface area contributed by atoms with Crippen molar-refractivity contribution in [2.24, 2.45) is 0 Å². The first-order valence-electron chi connectivity index (χ1n) is 16.2. The number of aliphatic hydroxyl groups excluding tert-OH is 2. The summed E-state index contributed by atoms with van der Waals surface area (Å²) in [5, 5.41) is 30.9. The Kier molecular flexibility index (Phi) is 12.3. The fraction of sp³-hybridized carbons (Fsp3) is 0.444. The smallest absolute Gasteiger partial charge is 0.243 e. The summed E-state index contributed by atoms with van der Waals surface area (Å²) in [5.74, 6) is -0.527. The quantitative estimate of drug-likeness (QED) is 0.0994. The standard InChI is InChI=1S/C36H45N3O7/c40-23-25-10-12-28(13-11-25)33-20-32(22-39-18-4-7-31(39)24-41)45-36(46-33)29-16-14-27(15-17-29)30-6-3-5-26(19-30)21-37-34(42)8-1-2-9-35(43)38-44/h3,5-6,10-17,19,31-33,36,40-41,44H,1-2,4,7-9,18,20-24H2,(H,37,42)(H,38,43)/t31-,32+,33-,36-/m0/s1. The van der Waals surface area contributed by atoms with Gasteiger partial charge in [-0.25, -0.2) is 5.48 Å². The van der Waals surface area contributed by atoms with E-state index >= 15 is 0 Å².